The van der Waals surface area contributed by atoms with E-state index in [1.165, 1.54) is 7.11 Å². The van der Waals surface area contributed by atoms with E-state index in [4.69, 9.17) is 9.47 Å². The summed E-state index contributed by atoms with van der Waals surface area (Å²) in [5.74, 6) is -2.34. The molecule has 2 rings (SSSR count). The highest BCUT2D eigenvalue weighted by molar-refractivity contribution is 6.00. The summed E-state index contributed by atoms with van der Waals surface area (Å²) < 4.78 is 10.3. The van der Waals surface area contributed by atoms with Gasteiger partial charge in [-0.2, -0.15) is 0 Å². The maximum Gasteiger partial charge on any atom is 0.317 e. The number of ether oxygens (including phenoxy) is 2. The molecule has 142 valence electrons. The Morgan fingerprint density at radius 1 is 1.15 bits per heavy atom. The van der Waals surface area contributed by atoms with Crippen LogP contribution in [0.25, 0.3) is 0 Å². The summed E-state index contributed by atoms with van der Waals surface area (Å²) in [5.41, 5.74) is 0.448. The van der Waals surface area contributed by atoms with Crippen LogP contribution in [0.4, 0.5) is 0 Å². The fourth-order valence-corrected chi connectivity index (χ4v) is 3.61. The van der Waals surface area contributed by atoms with Gasteiger partial charge in [0.25, 0.3) is 0 Å². The molecular formula is C21H28O5. The first-order valence-electron chi connectivity index (χ1n) is 9.07. The summed E-state index contributed by atoms with van der Waals surface area (Å²) in [6, 6.07) is 9.92. The minimum absolute atomic E-state index is 0.0453. The predicted octanol–water partition coefficient (Wildman–Crippen LogP) is 3.35. The summed E-state index contributed by atoms with van der Waals surface area (Å²) in [6.45, 7) is 5.32. The van der Waals surface area contributed by atoms with Crippen molar-refractivity contribution in [3.63, 3.8) is 0 Å². The Bertz CT molecular complexity index is 644. The van der Waals surface area contributed by atoms with Crippen LogP contribution in [-0.2, 0) is 30.3 Å². The van der Waals surface area contributed by atoms with E-state index in [1.807, 2.05) is 30.3 Å². The van der Waals surface area contributed by atoms with Crippen LogP contribution >= 0.6 is 0 Å². The van der Waals surface area contributed by atoms with Crippen LogP contribution in [0.15, 0.2) is 30.3 Å². The SMILES string of the molecule is COC(=O)C[C@H]1C(C(=O)OC(C)(C)C)C(=O)CC[C@@H]1Cc1ccccc1. The molecule has 1 fully saturated rings. The highest BCUT2D eigenvalue weighted by Crippen LogP contribution is 2.38. The Kier molecular flexibility index (Phi) is 6.57. The topological polar surface area (TPSA) is 69.7 Å². The third-order valence-corrected chi connectivity index (χ3v) is 4.77. The van der Waals surface area contributed by atoms with Crippen molar-refractivity contribution in [2.45, 2.75) is 52.1 Å². The van der Waals surface area contributed by atoms with Gasteiger partial charge in [-0.15, -0.1) is 0 Å². The van der Waals surface area contributed by atoms with Crippen molar-refractivity contribution in [2.24, 2.45) is 17.8 Å². The Labute approximate surface area is 155 Å². The van der Waals surface area contributed by atoms with Gasteiger partial charge in [-0.1, -0.05) is 30.3 Å². The monoisotopic (exact) mass is 360 g/mol. The van der Waals surface area contributed by atoms with E-state index in [0.29, 0.717) is 12.8 Å². The summed E-state index contributed by atoms with van der Waals surface area (Å²) in [7, 11) is 1.32. The molecule has 1 aliphatic carbocycles. The molecule has 5 nitrogen and oxygen atoms in total. The number of methoxy groups -OCH3 is 1. The second-order valence-electron chi connectivity index (χ2n) is 7.91. The summed E-state index contributed by atoms with van der Waals surface area (Å²) >= 11 is 0. The predicted molar refractivity (Wildman–Crippen MR) is 97.3 cm³/mol. The Balaban J connectivity index is 2.27. The standard InChI is InChI=1S/C21H28O5/c1-21(2,3)26-20(24)19-16(13-18(23)25-4)15(10-11-17(19)22)12-14-8-6-5-7-9-14/h5-9,15-16,19H,10-13H2,1-4H3/t15-,16-,19?/m1/s1. The lowest BCUT2D eigenvalue weighted by molar-refractivity contribution is -0.167. The smallest absolute Gasteiger partial charge is 0.317 e. The molecule has 1 aliphatic rings. The molecule has 1 unspecified atom stereocenters. The van der Waals surface area contributed by atoms with Gasteiger partial charge in [0.1, 0.15) is 17.3 Å². The minimum atomic E-state index is -0.907. The number of carbonyl (C=O) groups excluding carboxylic acids is 3. The van der Waals surface area contributed by atoms with Crippen molar-refractivity contribution in [3.8, 4) is 0 Å². The molecule has 0 aromatic heterocycles. The Morgan fingerprint density at radius 2 is 1.81 bits per heavy atom. The van der Waals surface area contributed by atoms with Gasteiger partial charge in [-0.3, -0.25) is 14.4 Å². The first-order chi connectivity index (χ1) is 12.2. The maximum atomic E-state index is 12.7. The molecule has 0 radical (unpaired) electrons. The lowest BCUT2D eigenvalue weighted by Crippen LogP contribution is -2.44. The molecule has 5 heteroatoms. The van der Waals surface area contributed by atoms with E-state index in [-0.39, 0.29) is 18.1 Å². The number of Topliss-reactive ketones (excluding diaryl/α,β-unsaturated/α-hetero) is 1. The number of esters is 2. The van der Waals surface area contributed by atoms with Gasteiger partial charge in [0.05, 0.1) is 7.11 Å². The molecule has 3 atom stereocenters. The number of hydrogen-bond acceptors (Lipinski definition) is 5. The van der Waals surface area contributed by atoms with Crippen molar-refractivity contribution >= 4 is 17.7 Å². The van der Waals surface area contributed by atoms with Gasteiger partial charge >= 0.3 is 11.9 Å². The van der Waals surface area contributed by atoms with Crippen LogP contribution in [-0.4, -0.2) is 30.4 Å². The number of ketones is 1. The molecule has 0 bridgehead atoms. The lowest BCUT2D eigenvalue weighted by atomic mass is 9.68. The van der Waals surface area contributed by atoms with Crippen LogP contribution in [0, 0.1) is 17.8 Å². The summed E-state index contributed by atoms with van der Waals surface area (Å²) in [5, 5.41) is 0. The first kappa shape index (κ1) is 20.1. The first-order valence-corrected chi connectivity index (χ1v) is 9.07. The van der Waals surface area contributed by atoms with Gasteiger partial charge in [-0.05, 0) is 51.0 Å². The zero-order chi connectivity index (χ0) is 19.3. The van der Waals surface area contributed by atoms with E-state index in [9.17, 15) is 14.4 Å². The highest BCUT2D eigenvalue weighted by Gasteiger charge is 2.45. The Morgan fingerprint density at radius 3 is 2.38 bits per heavy atom. The second-order valence-corrected chi connectivity index (χ2v) is 7.91. The van der Waals surface area contributed by atoms with E-state index in [1.54, 1.807) is 20.8 Å². The van der Waals surface area contributed by atoms with E-state index >= 15 is 0 Å². The minimum Gasteiger partial charge on any atom is -0.469 e. The number of benzene rings is 1. The Hall–Kier alpha value is -2.17. The van der Waals surface area contributed by atoms with Gasteiger partial charge < -0.3 is 9.47 Å². The third-order valence-electron chi connectivity index (χ3n) is 4.77. The zero-order valence-electron chi connectivity index (χ0n) is 16.0. The van der Waals surface area contributed by atoms with Crippen molar-refractivity contribution < 1.29 is 23.9 Å². The molecule has 0 amide bonds. The van der Waals surface area contributed by atoms with E-state index < -0.39 is 29.4 Å². The number of carbonyl (C=O) groups is 3. The number of rotatable bonds is 5. The van der Waals surface area contributed by atoms with E-state index in [2.05, 4.69) is 0 Å². The fourth-order valence-electron chi connectivity index (χ4n) is 3.61. The van der Waals surface area contributed by atoms with Crippen molar-refractivity contribution in [1.82, 2.24) is 0 Å². The van der Waals surface area contributed by atoms with Crippen LogP contribution in [0.1, 0.15) is 45.6 Å². The zero-order valence-corrected chi connectivity index (χ0v) is 16.0. The molecule has 1 aromatic rings. The van der Waals surface area contributed by atoms with Gasteiger partial charge in [0, 0.05) is 12.8 Å². The van der Waals surface area contributed by atoms with Crippen LogP contribution in [0.3, 0.4) is 0 Å². The summed E-state index contributed by atoms with van der Waals surface area (Å²) in [6.07, 6.45) is 1.76. The highest BCUT2D eigenvalue weighted by atomic mass is 16.6. The molecule has 0 heterocycles. The van der Waals surface area contributed by atoms with Gasteiger partial charge in [0.2, 0.25) is 0 Å². The average Bonchev–Trinajstić information content (AvgIpc) is 2.56. The molecule has 0 spiro atoms. The molecule has 1 saturated carbocycles. The van der Waals surface area contributed by atoms with Crippen molar-refractivity contribution in [1.29, 1.82) is 0 Å². The van der Waals surface area contributed by atoms with Crippen molar-refractivity contribution in [2.75, 3.05) is 7.11 Å². The largest absolute Gasteiger partial charge is 0.469 e. The quantitative estimate of drug-likeness (QED) is 0.595. The third kappa shape index (κ3) is 5.41. The van der Waals surface area contributed by atoms with E-state index in [0.717, 1.165) is 12.0 Å². The average molecular weight is 360 g/mol. The fraction of sp³-hybridized carbons (Fsp3) is 0.571. The van der Waals surface area contributed by atoms with Gasteiger partial charge in [-0.25, -0.2) is 0 Å². The molecule has 26 heavy (non-hydrogen) atoms. The van der Waals surface area contributed by atoms with Crippen LogP contribution in [0.2, 0.25) is 0 Å². The van der Waals surface area contributed by atoms with Crippen LogP contribution < -0.4 is 0 Å². The molecule has 0 aliphatic heterocycles. The molecule has 1 aromatic carbocycles. The number of hydrogen-bond donors (Lipinski definition) is 0. The molecule has 0 saturated heterocycles. The normalized spacial score (nSPS) is 23.4. The molecule has 0 N–H and O–H groups in total. The lowest BCUT2D eigenvalue weighted by Gasteiger charge is -2.36. The van der Waals surface area contributed by atoms with Crippen molar-refractivity contribution in [3.05, 3.63) is 35.9 Å². The van der Waals surface area contributed by atoms with Gasteiger partial charge in [0.15, 0.2) is 0 Å². The molecular weight excluding hydrogens is 332 g/mol. The van der Waals surface area contributed by atoms with Crippen LogP contribution in [0.5, 0.6) is 0 Å². The second kappa shape index (κ2) is 8.47. The summed E-state index contributed by atoms with van der Waals surface area (Å²) in [4.78, 5) is 37.2. The maximum absolute atomic E-state index is 12.7.